The maximum Gasteiger partial charge on any atom is 0.243 e. The molecule has 7 heteroatoms. The van der Waals surface area contributed by atoms with Crippen molar-refractivity contribution in [2.75, 3.05) is 6.54 Å². The van der Waals surface area contributed by atoms with E-state index in [0.717, 1.165) is 12.3 Å². The summed E-state index contributed by atoms with van der Waals surface area (Å²) in [5.41, 5.74) is 0. The summed E-state index contributed by atoms with van der Waals surface area (Å²) in [5, 5.41) is 0.0419. The Balaban J connectivity index is 1.82. The molecule has 2 rings (SSSR count). The summed E-state index contributed by atoms with van der Waals surface area (Å²) in [5.74, 6) is 1.45. The fourth-order valence-corrected chi connectivity index (χ4v) is 3.57. The molecule has 5 nitrogen and oxygen atoms in total. The summed E-state index contributed by atoms with van der Waals surface area (Å²) in [7, 11) is -3.52. The lowest BCUT2D eigenvalue weighted by Gasteiger charge is -2.26. The largest absolute Gasteiger partial charge is 0.243 e. The van der Waals surface area contributed by atoms with Crippen molar-refractivity contribution in [1.29, 1.82) is 0 Å². The zero-order valence-electron chi connectivity index (χ0n) is 11.5. The van der Waals surface area contributed by atoms with Gasteiger partial charge in [-0.3, -0.25) is 0 Å². The lowest BCUT2D eigenvalue weighted by molar-refractivity contribution is 0.278. The van der Waals surface area contributed by atoms with E-state index in [-0.39, 0.29) is 10.2 Å². The van der Waals surface area contributed by atoms with Gasteiger partial charge < -0.3 is 0 Å². The zero-order valence-corrected chi connectivity index (χ0v) is 13.1. The number of aromatic nitrogens is 2. The topological polar surface area (TPSA) is 72.0 Å². The minimum atomic E-state index is -3.52. The number of nitrogens with one attached hydrogen (secondary N) is 1. The molecule has 1 aliphatic carbocycles. The standard InChI is InChI=1S/C13H20ClN3O2S/c1-10-2-4-11(5-3-10)6-7-17-20(18,19)12-8-15-13(14)16-9-12/h8-11,17H,2-7H2,1H3. The van der Waals surface area contributed by atoms with E-state index in [2.05, 4.69) is 21.6 Å². The normalized spacial score (nSPS) is 23.7. The van der Waals surface area contributed by atoms with Gasteiger partial charge in [0.2, 0.25) is 15.3 Å². The van der Waals surface area contributed by atoms with Crippen LogP contribution >= 0.6 is 11.6 Å². The predicted octanol–water partition coefficient (Wildman–Crippen LogP) is 2.62. The Morgan fingerprint density at radius 2 is 1.85 bits per heavy atom. The van der Waals surface area contributed by atoms with Gasteiger partial charge in [-0.1, -0.05) is 32.6 Å². The molecule has 0 atom stereocenters. The van der Waals surface area contributed by atoms with E-state index in [9.17, 15) is 8.42 Å². The van der Waals surface area contributed by atoms with Crippen LogP contribution in [0.1, 0.15) is 39.0 Å². The van der Waals surface area contributed by atoms with E-state index in [4.69, 9.17) is 11.6 Å². The first-order valence-electron chi connectivity index (χ1n) is 6.94. The second kappa shape index (κ2) is 6.83. The van der Waals surface area contributed by atoms with Crippen molar-refractivity contribution in [3.8, 4) is 0 Å². The summed E-state index contributed by atoms with van der Waals surface area (Å²) in [4.78, 5) is 7.43. The van der Waals surface area contributed by atoms with Gasteiger partial charge in [0, 0.05) is 6.54 Å². The highest BCUT2D eigenvalue weighted by molar-refractivity contribution is 7.89. The quantitative estimate of drug-likeness (QED) is 0.847. The molecule has 0 aromatic carbocycles. The minimum Gasteiger partial charge on any atom is -0.225 e. The molecule has 0 radical (unpaired) electrons. The minimum absolute atomic E-state index is 0.0419. The fraction of sp³-hybridized carbons (Fsp3) is 0.692. The van der Waals surface area contributed by atoms with Gasteiger partial charge in [-0.25, -0.2) is 23.1 Å². The highest BCUT2D eigenvalue weighted by Gasteiger charge is 2.19. The van der Waals surface area contributed by atoms with Gasteiger partial charge in [0.25, 0.3) is 0 Å². The predicted molar refractivity (Wildman–Crippen MR) is 78.0 cm³/mol. The van der Waals surface area contributed by atoms with Crippen LogP contribution < -0.4 is 4.72 Å². The van der Waals surface area contributed by atoms with Crippen LogP contribution in [0.25, 0.3) is 0 Å². The van der Waals surface area contributed by atoms with Crippen LogP contribution in [0.5, 0.6) is 0 Å². The van der Waals surface area contributed by atoms with Crippen molar-refractivity contribution in [3.63, 3.8) is 0 Å². The molecule has 112 valence electrons. The smallest absolute Gasteiger partial charge is 0.225 e. The van der Waals surface area contributed by atoms with Crippen LogP contribution in [-0.4, -0.2) is 24.9 Å². The second-order valence-corrected chi connectivity index (χ2v) is 7.61. The van der Waals surface area contributed by atoms with Crippen LogP contribution in [0.3, 0.4) is 0 Å². The fourth-order valence-electron chi connectivity index (χ4n) is 2.54. The molecule has 0 amide bonds. The molecule has 1 fully saturated rings. The van der Waals surface area contributed by atoms with Gasteiger partial charge in [0.05, 0.1) is 12.4 Å². The van der Waals surface area contributed by atoms with E-state index < -0.39 is 10.0 Å². The first-order chi connectivity index (χ1) is 9.47. The Labute approximate surface area is 125 Å². The first-order valence-corrected chi connectivity index (χ1v) is 8.80. The number of hydrogen-bond donors (Lipinski definition) is 1. The SMILES string of the molecule is CC1CCC(CCNS(=O)(=O)c2cnc(Cl)nc2)CC1. The monoisotopic (exact) mass is 317 g/mol. The zero-order chi connectivity index (χ0) is 14.6. The maximum atomic E-state index is 12.0. The molecule has 0 aliphatic heterocycles. The van der Waals surface area contributed by atoms with Crippen molar-refractivity contribution >= 4 is 21.6 Å². The van der Waals surface area contributed by atoms with Crippen LogP contribution in [0.15, 0.2) is 17.3 Å². The van der Waals surface area contributed by atoms with Gasteiger partial charge in [0.15, 0.2) is 0 Å². The summed E-state index contributed by atoms with van der Waals surface area (Å²) in [6, 6.07) is 0. The van der Waals surface area contributed by atoms with E-state index in [0.29, 0.717) is 12.5 Å². The van der Waals surface area contributed by atoms with E-state index in [1.165, 1.54) is 38.1 Å². The molecular formula is C13H20ClN3O2S. The molecule has 1 N–H and O–H groups in total. The van der Waals surface area contributed by atoms with Crippen molar-refractivity contribution in [3.05, 3.63) is 17.7 Å². The van der Waals surface area contributed by atoms with E-state index >= 15 is 0 Å². The third-order valence-corrected chi connectivity index (χ3v) is 5.50. The van der Waals surface area contributed by atoms with Gasteiger partial charge in [-0.15, -0.1) is 0 Å². The number of halogens is 1. The van der Waals surface area contributed by atoms with E-state index in [1.54, 1.807) is 0 Å². The number of rotatable bonds is 5. The van der Waals surface area contributed by atoms with Crippen molar-refractivity contribution in [1.82, 2.24) is 14.7 Å². The molecule has 1 aromatic heterocycles. The Kier molecular flexibility index (Phi) is 5.35. The Bertz CT molecular complexity index is 525. The highest BCUT2D eigenvalue weighted by atomic mass is 35.5. The third-order valence-electron chi connectivity index (χ3n) is 3.89. The molecule has 20 heavy (non-hydrogen) atoms. The molecular weight excluding hydrogens is 298 g/mol. The van der Waals surface area contributed by atoms with E-state index in [1.807, 2.05) is 0 Å². The molecule has 0 saturated heterocycles. The maximum absolute atomic E-state index is 12.0. The third kappa shape index (κ3) is 4.40. The molecule has 0 bridgehead atoms. The number of sulfonamides is 1. The van der Waals surface area contributed by atoms with Gasteiger partial charge in [-0.2, -0.15) is 0 Å². The van der Waals surface area contributed by atoms with Gasteiger partial charge in [-0.05, 0) is 29.9 Å². The van der Waals surface area contributed by atoms with Crippen LogP contribution in [0, 0.1) is 11.8 Å². The number of nitrogens with zero attached hydrogens (tertiary/aromatic N) is 2. The summed E-state index contributed by atoms with van der Waals surface area (Å²) >= 11 is 5.54. The van der Waals surface area contributed by atoms with Crippen LogP contribution in [-0.2, 0) is 10.0 Å². The van der Waals surface area contributed by atoms with Crippen LogP contribution in [0.4, 0.5) is 0 Å². The molecule has 1 heterocycles. The Morgan fingerprint density at radius 3 is 2.45 bits per heavy atom. The highest BCUT2D eigenvalue weighted by Crippen LogP contribution is 2.30. The van der Waals surface area contributed by atoms with Crippen molar-refractivity contribution in [2.45, 2.75) is 43.9 Å². The summed E-state index contributed by atoms with van der Waals surface area (Å²) < 4.78 is 26.6. The lowest BCUT2D eigenvalue weighted by Crippen LogP contribution is -2.27. The molecule has 1 saturated carbocycles. The van der Waals surface area contributed by atoms with Crippen LogP contribution in [0.2, 0.25) is 5.28 Å². The molecule has 1 aromatic rings. The lowest BCUT2D eigenvalue weighted by atomic mass is 9.81. The Hall–Kier alpha value is -0.720. The summed E-state index contributed by atoms with van der Waals surface area (Å²) in [6.07, 6.45) is 8.24. The average Bonchev–Trinajstić information content (AvgIpc) is 2.41. The number of hydrogen-bond acceptors (Lipinski definition) is 4. The molecule has 1 aliphatic rings. The Morgan fingerprint density at radius 1 is 1.25 bits per heavy atom. The first kappa shape index (κ1) is 15.7. The molecule has 0 unspecified atom stereocenters. The van der Waals surface area contributed by atoms with Gasteiger partial charge >= 0.3 is 0 Å². The second-order valence-electron chi connectivity index (χ2n) is 5.50. The average molecular weight is 318 g/mol. The van der Waals surface area contributed by atoms with Crippen molar-refractivity contribution < 1.29 is 8.42 Å². The molecule has 0 spiro atoms. The van der Waals surface area contributed by atoms with Gasteiger partial charge in [0.1, 0.15) is 4.90 Å². The summed E-state index contributed by atoms with van der Waals surface area (Å²) in [6.45, 7) is 2.74. The van der Waals surface area contributed by atoms with Crippen molar-refractivity contribution in [2.24, 2.45) is 11.8 Å².